The van der Waals surface area contributed by atoms with Crippen LogP contribution in [0.5, 0.6) is 0 Å². The van der Waals surface area contributed by atoms with Gasteiger partial charge in [-0.3, -0.25) is 9.88 Å². The average molecular weight is 275 g/mol. The molecule has 0 aromatic carbocycles. The molecule has 0 saturated carbocycles. The SMILES string of the molecule is CCCC1CN(Cc2ncccc2C)C(C(C)C)CN1. The summed E-state index contributed by atoms with van der Waals surface area (Å²) in [4.78, 5) is 7.21. The maximum absolute atomic E-state index is 4.58. The van der Waals surface area contributed by atoms with Crippen LogP contribution in [-0.4, -0.2) is 35.1 Å². The maximum Gasteiger partial charge on any atom is 0.0573 e. The first-order valence-corrected chi connectivity index (χ1v) is 7.99. The number of nitrogens with one attached hydrogen (secondary N) is 1. The van der Waals surface area contributed by atoms with Crippen LogP contribution in [0.3, 0.4) is 0 Å². The van der Waals surface area contributed by atoms with Gasteiger partial charge in [0.15, 0.2) is 0 Å². The molecule has 112 valence electrons. The third kappa shape index (κ3) is 3.80. The molecule has 0 radical (unpaired) electrons. The fourth-order valence-corrected chi connectivity index (χ4v) is 3.16. The molecule has 2 atom stereocenters. The van der Waals surface area contributed by atoms with Gasteiger partial charge in [0.25, 0.3) is 0 Å². The maximum atomic E-state index is 4.58. The van der Waals surface area contributed by atoms with Crippen molar-refractivity contribution in [3.63, 3.8) is 0 Å². The lowest BCUT2D eigenvalue weighted by atomic mass is 9.96. The Balaban J connectivity index is 2.09. The number of hydrogen-bond donors (Lipinski definition) is 1. The quantitative estimate of drug-likeness (QED) is 0.895. The molecular weight excluding hydrogens is 246 g/mol. The molecule has 1 fully saturated rings. The van der Waals surface area contributed by atoms with Crippen molar-refractivity contribution in [1.82, 2.24) is 15.2 Å². The molecule has 3 heteroatoms. The molecule has 1 aliphatic rings. The Morgan fingerprint density at radius 3 is 2.90 bits per heavy atom. The van der Waals surface area contributed by atoms with E-state index in [-0.39, 0.29) is 0 Å². The molecule has 0 spiro atoms. The first-order valence-electron chi connectivity index (χ1n) is 7.99. The monoisotopic (exact) mass is 275 g/mol. The summed E-state index contributed by atoms with van der Waals surface area (Å²) in [5.41, 5.74) is 2.54. The predicted octanol–water partition coefficient (Wildman–Crippen LogP) is 2.99. The van der Waals surface area contributed by atoms with E-state index in [1.165, 1.54) is 24.1 Å². The molecule has 1 aromatic heterocycles. The Labute approximate surface area is 123 Å². The second kappa shape index (κ2) is 7.19. The molecule has 0 bridgehead atoms. The van der Waals surface area contributed by atoms with Crippen molar-refractivity contribution in [2.75, 3.05) is 13.1 Å². The van der Waals surface area contributed by atoms with Crippen LogP contribution >= 0.6 is 0 Å². The number of aryl methyl sites for hydroxylation is 1. The zero-order chi connectivity index (χ0) is 14.5. The summed E-state index contributed by atoms with van der Waals surface area (Å²) in [5, 5.41) is 3.72. The van der Waals surface area contributed by atoms with Crippen molar-refractivity contribution >= 4 is 0 Å². The highest BCUT2D eigenvalue weighted by Crippen LogP contribution is 2.20. The van der Waals surface area contributed by atoms with Gasteiger partial charge in [-0.15, -0.1) is 0 Å². The topological polar surface area (TPSA) is 28.2 Å². The van der Waals surface area contributed by atoms with Gasteiger partial charge in [0, 0.05) is 37.9 Å². The fourth-order valence-electron chi connectivity index (χ4n) is 3.16. The molecule has 0 aliphatic carbocycles. The van der Waals surface area contributed by atoms with E-state index in [1.54, 1.807) is 0 Å². The lowest BCUT2D eigenvalue weighted by Crippen LogP contribution is -2.57. The van der Waals surface area contributed by atoms with E-state index in [9.17, 15) is 0 Å². The fraction of sp³-hybridized carbons (Fsp3) is 0.706. The molecule has 1 aromatic rings. The third-order valence-corrected chi connectivity index (χ3v) is 4.42. The zero-order valence-corrected chi connectivity index (χ0v) is 13.4. The van der Waals surface area contributed by atoms with Crippen molar-refractivity contribution in [2.24, 2.45) is 5.92 Å². The zero-order valence-electron chi connectivity index (χ0n) is 13.4. The van der Waals surface area contributed by atoms with E-state index < -0.39 is 0 Å². The number of aromatic nitrogens is 1. The standard InChI is InChI=1S/C17H29N3/c1-5-7-15-11-20(17(10-19-15)13(2)3)12-16-14(4)8-6-9-18-16/h6,8-9,13,15,17,19H,5,7,10-12H2,1-4H3. The second-order valence-corrected chi connectivity index (χ2v) is 6.40. The highest BCUT2D eigenvalue weighted by atomic mass is 15.2. The number of pyridine rings is 1. The minimum Gasteiger partial charge on any atom is -0.311 e. The van der Waals surface area contributed by atoms with Gasteiger partial charge in [-0.25, -0.2) is 0 Å². The average Bonchev–Trinajstić information content (AvgIpc) is 2.42. The summed E-state index contributed by atoms with van der Waals surface area (Å²) in [6.07, 6.45) is 4.43. The highest BCUT2D eigenvalue weighted by Gasteiger charge is 2.29. The van der Waals surface area contributed by atoms with Gasteiger partial charge in [0.2, 0.25) is 0 Å². The Hall–Kier alpha value is -0.930. The molecule has 1 N–H and O–H groups in total. The predicted molar refractivity (Wildman–Crippen MR) is 84.7 cm³/mol. The smallest absolute Gasteiger partial charge is 0.0573 e. The number of hydrogen-bond acceptors (Lipinski definition) is 3. The normalized spacial score (nSPS) is 24.2. The van der Waals surface area contributed by atoms with E-state index in [0.717, 1.165) is 19.6 Å². The number of rotatable bonds is 5. The van der Waals surface area contributed by atoms with Gasteiger partial charge in [-0.2, -0.15) is 0 Å². The van der Waals surface area contributed by atoms with Crippen molar-refractivity contribution in [1.29, 1.82) is 0 Å². The Morgan fingerprint density at radius 1 is 1.45 bits per heavy atom. The summed E-state index contributed by atoms with van der Waals surface area (Å²) in [7, 11) is 0. The van der Waals surface area contributed by atoms with Gasteiger partial charge < -0.3 is 5.32 Å². The summed E-state index contributed by atoms with van der Waals surface area (Å²) < 4.78 is 0. The van der Waals surface area contributed by atoms with Gasteiger partial charge in [-0.1, -0.05) is 33.3 Å². The largest absolute Gasteiger partial charge is 0.311 e. The molecule has 1 aliphatic heterocycles. The van der Waals surface area contributed by atoms with Crippen molar-refractivity contribution in [3.8, 4) is 0 Å². The highest BCUT2D eigenvalue weighted by molar-refractivity contribution is 5.17. The van der Waals surface area contributed by atoms with Gasteiger partial charge in [0.1, 0.15) is 0 Å². The van der Waals surface area contributed by atoms with Crippen LogP contribution < -0.4 is 5.32 Å². The van der Waals surface area contributed by atoms with Crippen LogP contribution in [0.15, 0.2) is 18.3 Å². The second-order valence-electron chi connectivity index (χ2n) is 6.40. The van der Waals surface area contributed by atoms with Crippen molar-refractivity contribution in [3.05, 3.63) is 29.6 Å². The minimum atomic E-state index is 0.615. The Kier molecular flexibility index (Phi) is 5.55. The van der Waals surface area contributed by atoms with Crippen LogP contribution in [0.4, 0.5) is 0 Å². The van der Waals surface area contributed by atoms with Crippen LogP contribution in [0.2, 0.25) is 0 Å². The third-order valence-electron chi connectivity index (χ3n) is 4.42. The summed E-state index contributed by atoms with van der Waals surface area (Å²) in [5.74, 6) is 0.675. The van der Waals surface area contributed by atoms with E-state index in [1.807, 2.05) is 12.3 Å². The van der Waals surface area contributed by atoms with Crippen LogP contribution in [0, 0.1) is 12.8 Å². The van der Waals surface area contributed by atoms with Gasteiger partial charge in [-0.05, 0) is 30.9 Å². The Morgan fingerprint density at radius 2 is 2.25 bits per heavy atom. The first-order chi connectivity index (χ1) is 9.61. The van der Waals surface area contributed by atoms with Crippen LogP contribution in [0.1, 0.15) is 44.9 Å². The summed E-state index contributed by atoms with van der Waals surface area (Å²) in [6.45, 7) is 12.3. The van der Waals surface area contributed by atoms with Gasteiger partial charge >= 0.3 is 0 Å². The minimum absolute atomic E-state index is 0.615. The number of nitrogens with zero attached hydrogens (tertiary/aromatic N) is 2. The van der Waals surface area contributed by atoms with E-state index in [2.05, 4.69) is 49.0 Å². The van der Waals surface area contributed by atoms with Crippen LogP contribution in [-0.2, 0) is 6.54 Å². The summed E-state index contributed by atoms with van der Waals surface area (Å²) >= 11 is 0. The molecule has 20 heavy (non-hydrogen) atoms. The lowest BCUT2D eigenvalue weighted by molar-refractivity contribution is 0.0871. The molecular formula is C17H29N3. The molecule has 1 saturated heterocycles. The number of piperazine rings is 1. The van der Waals surface area contributed by atoms with Crippen molar-refractivity contribution < 1.29 is 0 Å². The Bertz CT molecular complexity index is 416. The molecule has 2 heterocycles. The van der Waals surface area contributed by atoms with E-state index >= 15 is 0 Å². The lowest BCUT2D eigenvalue weighted by Gasteiger charge is -2.42. The van der Waals surface area contributed by atoms with E-state index in [4.69, 9.17) is 0 Å². The molecule has 0 amide bonds. The van der Waals surface area contributed by atoms with Crippen molar-refractivity contribution in [2.45, 2.75) is 59.2 Å². The molecule has 3 nitrogen and oxygen atoms in total. The van der Waals surface area contributed by atoms with Gasteiger partial charge in [0.05, 0.1) is 5.69 Å². The molecule has 2 unspecified atom stereocenters. The van der Waals surface area contributed by atoms with Crippen LogP contribution in [0.25, 0.3) is 0 Å². The molecule has 2 rings (SSSR count). The summed E-state index contributed by atoms with van der Waals surface area (Å²) in [6, 6.07) is 5.44. The first kappa shape index (κ1) is 15.5. The van der Waals surface area contributed by atoms with E-state index in [0.29, 0.717) is 18.0 Å².